The molecule has 5 atom stereocenters. The lowest BCUT2D eigenvalue weighted by Gasteiger charge is -2.27. The molecule has 4 amide bonds. The van der Waals surface area contributed by atoms with Crippen molar-refractivity contribution in [2.45, 2.75) is 63.9 Å². The minimum atomic E-state index is -1.46. The van der Waals surface area contributed by atoms with Crippen molar-refractivity contribution in [1.82, 2.24) is 16.0 Å². The summed E-state index contributed by atoms with van der Waals surface area (Å²) in [6, 6.07) is 3.45. The van der Waals surface area contributed by atoms with Gasteiger partial charge in [-0.3, -0.25) is 19.2 Å². The van der Waals surface area contributed by atoms with E-state index in [1.165, 1.54) is 6.92 Å². The maximum absolute atomic E-state index is 12.9. The third-order valence-corrected chi connectivity index (χ3v) is 5.00. The standard InChI is InChI=1S/C22H33N5O7/c1-11(2)18(21(32)26-15(22(33)34)9-13-7-5-4-6-8-13)27-19(30)14(10-16(23)29)25-20(31)17(24)12(3)28/h4-8,11-12,14-15,17-18,28H,9-10,24H2,1-3H3,(H2,23,29)(H,25,31)(H,26,32)(H,27,30)(H,33,34). The number of rotatable bonds is 13. The molecule has 34 heavy (non-hydrogen) atoms. The number of primary amides is 1. The van der Waals surface area contributed by atoms with Crippen LogP contribution in [0.2, 0.25) is 0 Å². The van der Waals surface area contributed by atoms with Gasteiger partial charge in [0.2, 0.25) is 23.6 Å². The monoisotopic (exact) mass is 479 g/mol. The van der Waals surface area contributed by atoms with Crippen LogP contribution in [0.4, 0.5) is 0 Å². The Morgan fingerprint density at radius 2 is 1.44 bits per heavy atom. The molecule has 12 nitrogen and oxygen atoms in total. The van der Waals surface area contributed by atoms with Crippen molar-refractivity contribution < 1.29 is 34.2 Å². The Labute approximate surface area is 197 Å². The fourth-order valence-corrected chi connectivity index (χ4v) is 3.00. The molecule has 0 saturated carbocycles. The number of nitrogens with two attached hydrogens (primary N) is 2. The summed E-state index contributed by atoms with van der Waals surface area (Å²) in [5.74, 6) is -5.16. The van der Waals surface area contributed by atoms with Crippen LogP contribution in [0.25, 0.3) is 0 Å². The second kappa shape index (κ2) is 13.3. The lowest BCUT2D eigenvalue weighted by atomic mass is 10.0. The zero-order chi connectivity index (χ0) is 26.0. The van der Waals surface area contributed by atoms with E-state index >= 15 is 0 Å². The van der Waals surface area contributed by atoms with Crippen molar-refractivity contribution in [1.29, 1.82) is 0 Å². The molecule has 12 heteroatoms. The Kier molecular flexibility index (Phi) is 11.1. The summed E-state index contributed by atoms with van der Waals surface area (Å²) in [7, 11) is 0. The van der Waals surface area contributed by atoms with Crippen LogP contribution in [0.15, 0.2) is 30.3 Å². The molecule has 1 aromatic carbocycles. The summed E-state index contributed by atoms with van der Waals surface area (Å²) in [4.78, 5) is 60.9. The number of carboxylic acids is 1. The largest absolute Gasteiger partial charge is 0.480 e. The number of benzene rings is 1. The van der Waals surface area contributed by atoms with Crippen LogP contribution in [-0.2, 0) is 30.4 Å². The molecule has 188 valence electrons. The van der Waals surface area contributed by atoms with E-state index in [0.717, 1.165) is 0 Å². The zero-order valence-corrected chi connectivity index (χ0v) is 19.4. The summed E-state index contributed by atoms with van der Waals surface area (Å²) in [5.41, 5.74) is 11.4. The van der Waals surface area contributed by atoms with Crippen molar-refractivity contribution in [3.63, 3.8) is 0 Å². The molecule has 0 radical (unpaired) electrons. The van der Waals surface area contributed by atoms with Gasteiger partial charge in [-0.1, -0.05) is 44.2 Å². The Bertz CT molecular complexity index is 876. The van der Waals surface area contributed by atoms with Gasteiger partial charge in [-0.05, 0) is 18.4 Å². The number of aliphatic hydroxyl groups is 1. The Morgan fingerprint density at radius 3 is 1.91 bits per heavy atom. The molecular weight excluding hydrogens is 446 g/mol. The van der Waals surface area contributed by atoms with Crippen molar-refractivity contribution in [2.75, 3.05) is 0 Å². The summed E-state index contributed by atoms with van der Waals surface area (Å²) < 4.78 is 0. The van der Waals surface area contributed by atoms with Gasteiger partial charge < -0.3 is 37.6 Å². The molecule has 1 aromatic rings. The average molecular weight is 480 g/mol. The molecule has 0 aliphatic heterocycles. The van der Waals surface area contributed by atoms with Gasteiger partial charge >= 0.3 is 5.97 Å². The lowest BCUT2D eigenvalue weighted by molar-refractivity contribution is -0.142. The topological polar surface area (TPSA) is 214 Å². The lowest BCUT2D eigenvalue weighted by Crippen LogP contribution is -2.59. The van der Waals surface area contributed by atoms with Crippen LogP contribution in [0, 0.1) is 5.92 Å². The molecule has 9 N–H and O–H groups in total. The number of carboxylic acid groups (broad SMARTS) is 1. The average Bonchev–Trinajstić information content (AvgIpc) is 2.75. The molecule has 0 aromatic heterocycles. The van der Waals surface area contributed by atoms with Gasteiger partial charge in [0.15, 0.2) is 0 Å². The van der Waals surface area contributed by atoms with Crippen molar-refractivity contribution >= 4 is 29.6 Å². The number of hydrogen-bond donors (Lipinski definition) is 7. The highest BCUT2D eigenvalue weighted by Crippen LogP contribution is 2.08. The van der Waals surface area contributed by atoms with E-state index in [1.807, 2.05) is 0 Å². The molecule has 0 saturated heterocycles. The maximum Gasteiger partial charge on any atom is 0.326 e. The smallest absolute Gasteiger partial charge is 0.326 e. The summed E-state index contributed by atoms with van der Waals surface area (Å²) in [6.07, 6.45) is -1.77. The van der Waals surface area contributed by atoms with E-state index in [9.17, 15) is 34.2 Å². The first-order valence-electron chi connectivity index (χ1n) is 10.7. The summed E-state index contributed by atoms with van der Waals surface area (Å²) >= 11 is 0. The van der Waals surface area contributed by atoms with E-state index in [2.05, 4.69) is 16.0 Å². The van der Waals surface area contributed by atoms with Gasteiger partial charge in [-0.15, -0.1) is 0 Å². The molecule has 5 unspecified atom stereocenters. The van der Waals surface area contributed by atoms with E-state index in [0.29, 0.717) is 5.56 Å². The van der Waals surface area contributed by atoms with Gasteiger partial charge in [0.1, 0.15) is 24.2 Å². The molecular formula is C22H33N5O7. The van der Waals surface area contributed by atoms with Gasteiger partial charge in [-0.25, -0.2) is 4.79 Å². The number of carbonyl (C=O) groups is 5. The predicted octanol–water partition coefficient (Wildman–Crippen LogP) is -1.99. The number of aliphatic hydroxyl groups excluding tert-OH is 1. The minimum Gasteiger partial charge on any atom is -0.480 e. The highest BCUT2D eigenvalue weighted by molar-refractivity contribution is 5.96. The van der Waals surface area contributed by atoms with Crippen LogP contribution >= 0.6 is 0 Å². The van der Waals surface area contributed by atoms with Crippen molar-refractivity contribution in [2.24, 2.45) is 17.4 Å². The van der Waals surface area contributed by atoms with Crippen LogP contribution in [0.3, 0.4) is 0 Å². The van der Waals surface area contributed by atoms with Crippen LogP contribution in [0.5, 0.6) is 0 Å². The molecule has 0 bridgehead atoms. The third-order valence-electron chi connectivity index (χ3n) is 5.00. The first-order valence-corrected chi connectivity index (χ1v) is 10.7. The Morgan fingerprint density at radius 1 is 0.882 bits per heavy atom. The number of aliphatic carboxylic acids is 1. The van der Waals surface area contributed by atoms with Crippen LogP contribution in [0.1, 0.15) is 32.8 Å². The molecule has 0 heterocycles. The second-order valence-corrected chi connectivity index (χ2v) is 8.32. The first-order chi connectivity index (χ1) is 15.8. The van der Waals surface area contributed by atoms with E-state index in [1.54, 1.807) is 44.2 Å². The minimum absolute atomic E-state index is 0.0261. The number of amides is 4. The Balaban J connectivity index is 2.98. The third kappa shape index (κ3) is 9.16. The number of nitrogens with one attached hydrogen (secondary N) is 3. The fourth-order valence-electron chi connectivity index (χ4n) is 3.00. The SMILES string of the molecule is CC(C)C(NC(=O)C(CC(N)=O)NC(=O)C(N)C(C)O)C(=O)NC(Cc1ccccc1)C(=O)O. The fraction of sp³-hybridized carbons (Fsp3) is 0.500. The highest BCUT2D eigenvalue weighted by atomic mass is 16.4. The summed E-state index contributed by atoms with van der Waals surface area (Å²) in [5, 5.41) is 26.1. The molecule has 1 rings (SSSR count). The van der Waals surface area contributed by atoms with E-state index < -0.39 is 72.2 Å². The predicted molar refractivity (Wildman–Crippen MR) is 122 cm³/mol. The van der Waals surface area contributed by atoms with Gasteiger partial charge in [-0.2, -0.15) is 0 Å². The summed E-state index contributed by atoms with van der Waals surface area (Å²) in [6.45, 7) is 4.53. The molecule has 0 aliphatic rings. The molecule has 0 aliphatic carbocycles. The van der Waals surface area contributed by atoms with Crippen LogP contribution in [-0.4, -0.2) is 70.1 Å². The zero-order valence-electron chi connectivity index (χ0n) is 19.4. The molecule has 0 fully saturated rings. The quantitative estimate of drug-likeness (QED) is 0.168. The maximum atomic E-state index is 12.9. The number of hydrogen-bond acceptors (Lipinski definition) is 7. The molecule has 0 spiro atoms. The van der Waals surface area contributed by atoms with Crippen molar-refractivity contribution in [3.05, 3.63) is 35.9 Å². The number of carbonyl (C=O) groups excluding carboxylic acids is 4. The Hall–Kier alpha value is -3.51. The van der Waals surface area contributed by atoms with E-state index in [4.69, 9.17) is 11.5 Å². The highest BCUT2D eigenvalue weighted by Gasteiger charge is 2.33. The van der Waals surface area contributed by atoms with E-state index in [-0.39, 0.29) is 6.42 Å². The van der Waals surface area contributed by atoms with Gasteiger partial charge in [0, 0.05) is 6.42 Å². The normalized spacial score (nSPS) is 15.4. The van der Waals surface area contributed by atoms with Crippen molar-refractivity contribution in [3.8, 4) is 0 Å². The van der Waals surface area contributed by atoms with Crippen LogP contribution < -0.4 is 27.4 Å². The van der Waals surface area contributed by atoms with Gasteiger partial charge in [0.05, 0.1) is 12.5 Å². The van der Waals surface area contributed by atoms with Gasteiger partial charge in [0.25, 0.3) is 0 Å². The first kappa shape index (κ1) is 28.5. The second-order valence-electron chi connectivity index (χ2n) is 8.32.